The topological polar surface area (TPSA) is 52.8 Å². The number of ether oxygens (including phenoxy) is 1. The molecule has 2 rings (SSSR count). The van der Waals surface area contributed by atoms with Gasteiger partial charge in [-0.1, -0.05) is 47.7 Å². The SMILES string of the molecule is C[Si](C)(C)CCOCn1nnnc1-c1cccc(Br)c1. The van der Waals surface area contributed by atoms with E-state index in [0.29, 0.717) is 6.73 Å². The monoisotopic (exact) mass is 354 g/mol. The van der Waals surface area contributed by atoms with Crippen molar-refractivity contribution in [2.24, 2.45) is 0 Å². The maximum atomic E-state index is 5.69. The molecule has 0 aliphatic heterocycles. The van der Waals surface area contributed by atoms with Crippen molar-refractivity contribution in [1.82, 2.24) is 20.2 Å². The third-order valence-electron chi connectivity index (χ3n) is 2.82. The van der Waals surface area contributed by atoms with E-state index in [1.165, 1.54) is 0 Å². The summed E-state index contributed by atoms with van der Waals surface area (Å²) in [6.45, 7) is 8.15. The molecule has 0 saturated heterocycles. The van der Waals surface area contributed by atoms with Crippen molar-refractivity contribution in [3.63, 3.8) is 0 Å². The highest BCUT2D eigenvalue weighted by Crippen LogP contribution is 2.20. The van der Waals surface area contributed by atoms with Crippen molar-refractivity contribution in [2.75, 3.05) is 6.61 Å². The van der Waals surface area contributed by atoms with E-state index in [4.69, 9.17) is 4.74 Å². The first-order valence-electron chi connectivity index (χ1n) is 6.55. The van der Waals surface area contributed by atoms with Gasteiger partial charge in [0, 0.05) is 24.7 Å². The molecule has 0 unspecified atom stereocenters. The molecular weight excluding hydrogens is 336 g/mol. The molecule has 0 fully saturated rings. The molecule has 108 valence electrons. The molecular formula is C13H19BrN4OSi. The van der Waals surface area contributed by atoms with Crippen LogP contribution in [-0.2, 0) is 11.5 Å². The van der Waals surface area contributed by atoms with Crippen LogP contribution in [0.3, 0.4) is 0 Å². The van der Waals surface area contributed by atoms with Crippen molar-refractivity contribution >= 4 is 24.0 Å². The second-order valence-corrected chi connectivity index (χ2v) is 12.4. The highest BCUT2D eigenvalue weighted by Gasteiger charge is 2.13. The van der Waals surface area contributed by atoms with Crippen LogP contribution in [0.5, 0.6) is 0 Å². The number of tetrazole rings is 1. The Hall–Kier alpha value is -1.05. The van der Waals surface area contributed by atoms with Crippen LogP contribution in [0.25, 0.3) is 11.4 Å². The van der Waals surface area contributed by atoms with Gasteiger partial charge in [-0.15, -0.1) is 5.10 Å². The summed E-state index contributed by atoms with van der Waals surface area (Å²) in [6.07, 6.45) is 0. The maximum Gasteiger partial charge on any atom is 0.184 e. The Labute approximate surface area is 128 Å². The highest BCUT2D eigenvalue weighted by molar-refractivity contribution is 9.10. The Morgan fingerprint density at radius 3 is 2.80 bits per heavy atom. The maximum absolute atomic E-state index is 5.69. The first kappa shape index (κ1) is 15.3. The van der Waals surface area contributed by atoms with E-state index in [9.17, 15) is 0 Å². The van der Waals surface area contributed by atoms with Gasteiger partial charge < -0.3 is 4.74 Å². The molecule has 1 aromatic carbocycles. The second-order valence-electron chi connectivity index (χ2n) is 5.86. The first-order chi connectivity index (χ1) is 9.46. The predicted molar refractivity (Wildman–Crippen MR) is 85.1 cm³/mol. The third kappa shape index (κ3) is 4.50. The fourth-order valence-corrected chi connectivity index (χ4v) is 2.81. The molecule has 2 aromatic rings. The molecule has 0 saturated carbocycles. The minimum absolute atomic E-state index is 0.388. The molecule has 1 heterocycles. The standard InChI is InChI=1S/C13H19BrN4OSi/c1-20(2,3)8-7-19-10-18-13(15-16-17-18)11-5-4-6-12(14)9-11/h4-6,9H,7-8,10H2,1-3H3. The van der Waals surface area contributed by atoms with Crippen LogP contribution in [0.2, 0.25) is 25.7 Å². The fraction of sp³-hybridized carbons (Fsp3) is 0.462. The van der Waals surface area contributed by atoms with E-state index in [1.807, 2.05) is 24.3 Å². The summed E-state index contributed by atoms with van der Waals surface area (Å²) in [5.41, 5.74) is 0.971. The normalized spacial score (nSPS) is 11.8. The number of halogens is 1. The molecule has 0 bridgehead atoms. The van der Waals surface area contributed by atoms with Gasteiger partial charge in [0.05, 0.1) is 0 Å². The highest BCUT2D eigenvalue weighted by atomic mass is 79.9. The zero-order valence-corrected chi connectivity index (χ0v) is 14.6. The summed E-state index contributed by atoms with van der Waals surface area (Å²) in [4.78, 5) is 0. The van der Waals surface area contributed by atoms with Crippen LogP contribution in [0.15, 0.2) is 28.7 Å². The summed E-state index contributed by atoms with van der Waals surface area (Å²) in [7, 11) is -1.06. The number of rotatable bonds is 6. The zero-order chi connectivity index (χ0) is 14.6. The summed E-state index contributed by atoms with van der Waals surface area (Å²) in [5, 5.41) is 11.8. The van der Waals surface area contributed by atoms with Crippen LogP contribution >= 0.6 is 15.9 Å². The van der Waals surface area contributed by atoms with Crippen molar-refractivity contribution in [3.8, 4) is 11.4 Å². The van der Waals surface area contributed by atoms with E-state index in [0.717, 1.165) is 28.5 Å². The van der Waals surface area contributed by atoms with Gasteiger partial charge in [0.1, 0.15) is 6.73 Å². The molecule has 1 aromatic heterocycles. The lowest BCUT2D eigenvalue weighted by Crippen LogP contribution is -2.22. The molecule has 0 N–H and O–H groups in total. The van der Waals surface area contributed by atoms with E-state index in [2.05, 4.69) is 51.1 Å². The summed E-state index contributed by atoms with van der Waals surface area (Å²) in [6, 6.07) is 9.05. The molecule has 7 heteroatoms. The van der Waals surface area contributed by atoms with Crippen LogP contribution in [0, 0.1) is 0 Å². The minimum atomic E-state index is -1.06. The molecule has 5 nitrogen and oxygen atoms in total. The number of nitrogens with zero attached hydrogens (tertiary/aromatic N) is 4. The smallest absolute Gasteiger partial charge is 0.184 e. The quantitative estimate of drug-likeness (QED) is 0.589. The van der Waals surface area contributed by atoms with Gasteiger partial charge in [0.15, 0.2) is 5.82 Å². The van der Waals surface area contributed by atoms with Gasteiger partial charge in [-0.3, -0.25) is 0 Å². The Bertz CT molecular complexity index is 567. The number of hydrogen-bond acceptors (Lipinski definition) is 4. The number of aromatic nitrogens is 4. The molecule has 0 amide bonds. The van der Waals surface area contributed by atoms with E-state index < -0.39 is 8.07 Å². The molecule has 0 aliphatic rings. The Balaban J connectivity index is 1.99. The Kier molecular flexibility index (Phi) is 5.06. The van der Waals surface area contributed by atoms with E-state index in [1.54, 1.807) is 4.68 Å². The van der Waals surface area contributed by atoms with Gasteiger partial charge in [-0.25, -0.2) is 0 Å². The Morgan fingerprint density at radius 1 is 1.30 bits per heavy atom. The first-order valence-corrected chi connectivity index (χ1v) is 11.1. The molecule has 0 aliphatic carbocycles. The average molecular weight is 355 g/mol. The summed E-state index contributed by atoms with van der Waals surface area (Å²) >= 11 is 3.45. The summed E-state index contributed by atoms with van der Waals surface area (Å²) in [5.74, 6) is 0.722. The minimum Gasteiger partial charge on any atom is -0.359 e. The van der Waals surface area contributed by atoms with Crippen molar-refractivity contribution < 1.29 is 4.74 Å². The lowest BCUT2D eigenvalue weighted by molar-refractivity contribution is 0.0784. The number of hydrogen-bond donors (Lipinski definition) is 0. The molecule has 0 radical (unpaired) electrons. The fourth-order valence-electron chi connectivity index (χ4n) is 1.66. The van der Waals surface area contributed by atoms with Crippen molar-refractivity contribution in [1.29, 1.82) is 0 Å². The van der Waals surface area contributed by atoms with Crippen LogP contribution in [-0.4, -0.2) is 34.9 Å². The third-order valence-corrected chi connectivity index (χ3v) is 5.02. The van der Waals surface area contributed by atoms with Crippen LogP contribution in [0.1, 0.15) is 0 Å². The van der Waals surface area contributed by atoms with Crippen LogP contribution in [0.4, 0.5) is 0 Å². The van der Waals surface area contributed by atoms with Gasteiger partial charge >= 0.3 is 0 Å². The van der Waals surface area contributed by atoms with Crippen molar-refractivity contribution in [2.45, 2.75) is 32.4 Å². The van der Waals surface area contributed by atoms with Gasteiger partial charge in [0.25, 0.3) is 0 Å². The second kappa shape index (κ2) is 6.60. The van der Waals surface area contributed by atoms with Gasteiger partial charge in [-0.05, 0) is 28.6 Å². The van der Waals surface area contributed by atoms with Crippen LogP contribution < -0.4 is 0 Å². The molecule has 20 heavy (non-hydrogen) atoms. The van der Waals surface area contributed by atoms with E-state index >= 15 is 0 Å². The predicted octanol–water partition coefficient (Wildman–Crippen LogP) is 3.41. The zero-order valence-electron chi connectivity index (χ0n) is 12.0. The lowest BCUT2D eigenvalue weighted by Gasteiger charge is -2.15. The largest absolute Gasteiger partial charge is 0.359 e. The van der Waals surface area contributed by atoms with E-state index in [-0.39, 0.29) is 0 Å². The Morgan fingerprint density at radius 2 is 2.10 bits per heavy atom. The van der Waals surface area contributed by atoms with Gasteiger partial charge in [-0.2, -0.15) is 4.68 Å². The van der Waals surface area contributed by atoms with Gasteiger partial charge in [0.2, 0.25) is 0 Å². The lowest BCUT2D eigenvalue weighted by atomic mass is 10.2. The average Bonchev–Trinajstić information content (AvgIpc) is 2.82. The van der Waals surface area contributed by atoms with Crippen molar-refractivity contribution in [3.05, 3.63) is 28.7 Å². The summed E-state index contributed by atoms with van der Waals surface area (Å²) < 4.78 is 8.38. The number of benzene rings is 1. The molecule has 0 atom stereocenters. The molecule has 0 spiro atoms.